The number of nitrogens with one attached hydrogen (secondary N) is 2. The summed E-state index contributed by atoms with van der Waals surface area (Å²) in [5.41, 5.74) is 1.39. The normalized spacial score (nSPS) is 24.0. The van der Waals surface area contributed by atoms with Gasteiger partial charge in [0.15, 0.2) is 5.78 Å². The molecule has 6 nitrogen and oxygen atoms in total. The molecule has 2 atom stereocenters. The predicted molar refractivity (Wildman–Crippen MR) is 95.0 cm³/mol. The molecule has 1 aliphatic heterocycles. The van der Waals surface area contributed by atoms with Gasteiger partial charge >= 0.3 is 0 Å². The summed E-state index contributed by atoms with van der Waals surface area (Å²) in [5.74, 6) is -0.255. The average molecular weight is 354 g/mol. The zero-order valence-corrected chi connectivity index (χ0v) is 14.4. The Bertz CT molecular complexity index is 792. The summed E-state index contributed by atoms with van der Waals surface area (Å²) in [7, 11) is 0. The molecule has 2 aromatic rings. The summed E-state index contributed by atoms with van der Waals surface area (Å²) in [6, 6.07) is 8.36. The van der Waals surface area contributed by atoms with Gasteiger partial charge < -0.3 is 20.1 Å². The van der Waals surface area contributed by atoms with Crippen LogP contribution in [0.4, 0.5) is 0 Å². The van der Waals surface area contributed by atoms with Crippen LogP contribution in [0.5, 0.6) is 0 Å². The van der Waals surface area contributed by atoms with Crippen LogP contribution in [-0.2, 0) is 4.74 Å². The number of ketones is 1. The number of ether oxygens (including phenoxy) is 1. The molecule has 1 aliphatic carbocycles. The van der Waals surface area contributed by atoms with Gasteiger partial charge in [-0.25, -0.2) is 0 Å². The van der Waals surface area contributed by atoms with Crippen LogP contribution in [0.15, 0.2) is 42.7 Å². The van der Waals surface area contributed by atoms with Crippen molar-refractivity contribution in [3.63, 3.8) is 0 Å². The van der Waals surface area contributed by atoms with Crippen LogP contribution in [-0.4, -0.2) is 47.1 Å². The van der Waals surface area contributed by atoms with Crippen LogP contribution in [0.3, 0.4) is 0 Å². The van der Waals surface area contributed by atoms with Gasteiger partial charge in [0.1, 0.15) is 0 Å². The summed E-state index contributed by atoms with van der Waals surface area (Å²) in [4.78, 5) is 27.7. The Morgan fingerprint density at radius 1 is 1.08 bits per heavy atom. The molecule has 2 fully saturated rings. The molecule has 136 valence electrons. The van der Waals surface area contributed by atoms with Crippen LogP contribution < -0.4 is 5.32 Å². The second-order valence-corrected chi connectivity index (χ2v) is 7.13. The van der Waals surface area contributed by atoms with Gasteiger partial charge in [-0.1, -0.05) is 12.1 Å². The van der Waals surface area contributed by atoms with Gasteiger partial charge in [0.05, 0.1) is 6.10 Å². The molecule has 1 amide bonds. The molecule has 1 aromatic carbocycles. The van der Waals surface area contributed by atoms with Crippen molar-refractivity contribution in [2.24, 2.45) is 5.41 Å². The third kappa shape index (κ3) is 2.85. The van der Waals surface area contributed by atoms with Gasteiger partial charge in [-0.15, -0.1) is 0 Å². The number of carbonyl (C=O) groups is 2. The first kappa shape index (κ1) is 17.0. The molecule has 0 bridgehead atoms. The molecule has 26 heavy (non-hydrogen) atoms. The molecule has 1 saturated carbocycles. The Labute approximate surface area is 151 Å². The van der Waals surface area contributed by atoms with E-state index in [-0.39, 0.29) is 29.3 Å². The summed E-state index contributed by atoms with van der Waals surface area (Å²) >= 11 is 0. The fourth-order valence-electron chi connectivity index (χ4n) is 4.05. The van der Waals surface area contributed by atoms with E-state index in [4.69, 9.17) is 4.74 Å². The maximum atomic E-state index is 12.6. The Kier molecular flexibility index (Phi) is 4.38. The minimum Gasteiger partial charge on any atom is -0.392 e. The molecular formula is C20H22N2O4. The van der Waals surface area contributed by atoms with E-state index in [1.165, 1.54) is 0 Å². The number of aromatic nitrogens is 1. The Hall–Kier alpha value is -2.44. The van der Waals surface area contributed by atoms with Crippen molar-refractivity contribution < 1.29 is 19.4 Å². The third-order valence-electron chi connectivity index (χ3n) is 5.82. The molecule has 2 heterocycles. The lowest BCUT2D eigenvalue weighted by molar-refractivity contribution is -0.145. The second-order valence-electron chi connectivity index (χ2n) is 7.13. The number of carbonyl (C=O) groups excluding carboxylic acids is 2. The van der Waals surface area contributed by atoms with Gasteiger partial charge in [-0.3, -0.25) is 9.59 Å². The number of H-pyrrole nitrogens is 1. The lowest BCUT2D eigenvalue weighted by Gasteiger charge is -2.55. The van der Waals surface area contributed by atoms with Crippen LogP contribution in [0, 0.1) is 5.41 Å². The summed E-state index contributed by atoms with van der Waals surface area (Å²) in [5, 5.41) is 13.3. The van der Waals surface area contributed by atoms with Crippen molar-refractivity contribution >= 4 is 11.7 Å². The lowest BCUT2D eigenvalue weighted by atomic mass is 9.58. The average Bonchev–Trinajstić information content (AvgIpc) is 3.22. The minimum absolute atomic E-state index is 0.0323. The summed E-state index contributed by atoms with van der Waals surface area (Å²) in [6.07, 6.45) is 5.09. The van der Waals surface area contributed by atoms with E-state index in [2.05, 4.69) is 10.3 Å². The number of hydrogen-bond acceptors (Lipinski definition) is 4. The van der Waals surface area contributed by atoms with Gasteiger partial charge in [0.2, 0.25) is 0 Å². The van der Waals surface area contributed by atoms with Crippen LogP contribution >= 0.6 is 0 Å². The second kappa shape index (κ2) is 6.70. The number of aliphatic hydroxyl groups excluding tert-OH is 1. The van der Waals surface area contributed by atoms with E-state index in [9.17, 15) is 14.7 Å². The van der Waals surface area contributed by atoms with Crippen LogP contribution in [0.25, 0.3) is 0 Å². The van der Waals surface area contributed by atoms with Gasteiger partial charge in [0, 0.05) is 53.8 Å². The maximum absolute atomic E-state index is 12.6. The lowest BCUT2D eigenvalue weighted by Crippen LogP contribution is -2.65. The van der Waals surface area contributed by atoms with Crippen molar-refractivity contribution in [1.82, 2.24) is 10.3 Å². The fourth-order valence-corrected chi connectivity index (χ4v) is 4.05. The molecule has 1 saturated heterocycles. The summed E-state index contributed by atoms with van der Waals surface area (Å²) < 4.78 is 5.40. The van der Waals surface area contributed by atoms with Gasteiger partial charge in [-0.2, -0.15) is 0 Å². The predicted octanol–water partition coefficient (Wildman–Crippen LogP) is 1.91. The number of benzene rings is 1. The van der Waals surface area contributed by atoms with Gasteiger partial charge in [0.25, 0.3) is 5.91 Å². The molecule has 4 rings (SSSR count). The molecule has 0 radical (unpaired) electrons. The highest BCUT2D eigenvalue weighted by Crippen LogP contribution is 2.49. The van der Waals surface area contributed by atoms with Crippen molar-refractivity contribution in [3.8, 4) is 0 Å². The molecule has 2 aliphatic rings. The molecule has 1 spiro atoms. The highest BCUT2D eigenvalue weighted by atomic mass is 16.5. The largest absolute Gasteiger partial charge is 0.392 e. The molecular weight excluding hydrogens is 332 g/mol. The highest BCUT2D eigenvalue weighted by Gasteiger charge is 2.55. The van der Waals surface area contributed by atoms with E-state index in [0.717, 1.165) is 12.8 Å². The molecule has 3 N–H and O–H groups in total. The van der Waals surface area contributed by atoms with E-state index >= 15 is 0 Å². The van der Waals surface area contributed by atoms with Crippen molar-refractivity contribution in [2.45, 2.75) is 31.4 Å². The zero-order chi connectivity index (χ0) is 18.1. The number of amides is 1. The number of hydrogen-bond donors (Lipinski definition) is 3. The standard InChI is InChI=1S/C20H22N2O4/c23-17-11-16(20(17)6-9-26-10-7-20)22-19(25)14-3-1-13(2-4-14)18(24)15-5-8-21-12-15/h1-5,8,12,16-17,21,23H,6-7,9-11H2,(H,22,25)/t16-,17-/m1/s1. The Morgan fingerprint density at radius 3 is 2.38 bits per heavy atom. The molecule has 6 heteroatoms. The monoisotopic (exact) mass is 354 g/mol. The first-order chi connectivity index (χ1) is 12.6. The van der Waals surface area contributed by atoms with Crippen LogP contribution in [0.2, 0.25) is 0 Å². The van der Waals surface area contributed by atoms with E-state index in [1.807, 2.05) is 0 Å². The number of aliphatic hydroxyl groups is 1. The van der Waals surface area contributed by atoms with Crippen molar-refractivity contribution in [2.75, 3.05) is 13.2 Å². The van der Waals surface area contributed by atoms with Crippen molar-refractivity contribution in [1.29, 1.82) is 0 Å². The number of rotatable bonds is 4. The fraction of sp³-hybridized carbons (Fsp3) is 0.400. The summed E-state index contributed by atoms with van der Waals surface area (Å²) in [6.45, 7) is 1.25. The number of aromatic amines is 1. The van der Waals surface area contributed by atoms with E-state index < -0.39 is 0 Å². The Balaban J connectivity index is 1.43. The van der Waals surface area contributed by atoms with Crippen LogP contribution in [0.1, 0.15) is 45.5 Å². The molecule has 1 aromatic heterocycles. The topological polar surface area (TPSA) is 91.4 Å². The van der Waals surface area contributed by atoms with Gasteiger partial charge in [-0.05, 0) is 37.5 Å². The molecule has 0 unspecified atom stereocenters. The van der Waals surface area contributed by atoms with Crippen molar-refractivity contribution in [3.05, 3.63) is 59.4 Å². The smallest absolute Gasteiger partial charge is 0.251 e. The first-order valence-corrected chi connectivity index (χ1v) is 8.94. The maximum Gasteiger partial charge on any atom is 0.251 e. The van der Waals surface area contributed by atoms with E-state index in [0.29, 0.717) is 36.3 Å². The third-order valence-corrected chi connectivity index (χ3v) is 5.82. The van der Waals surface area contributed by atoms with E-state index in [1.54, 1.807) is 42.7 Å². The first-order valence-electron chi connectivity index (χ1n) is 8.94. The quantitative estimate of drug-likeness (QED) is 0.732. The SMILES string of the molecule is O=C(N[C@@H]1C[C@@H](O)C12CCOCC2)c1ccc(C(=O)c2cc[nH]c2)cc1. The Morgan fingerprint density at radius 2 is 1.77 bits per heavy atom. The zero-order valence-electron chi connectivity index (χ0n) is 14.4. The minimum atomic E-state index is -0.377. The highest BCUT2D eigenvalue weighted by molar-refractivity contribution is 6.09.